The molecule has 1 heterocycles. The van der Waals surface area contributed by atoms with Crippen molar-refractivity contribution < 1.29 is 8.42 Å². The lowest BCUT2D eigenvalue weighted by molar-refractivity contribution is 0.481. The number of rotatable bonds is 7. The second-order valence-electron chi connectivity index (χ2n) is 5.08. The van der Waals surface area contributed by atoms with Gasteiger partial charge in [0.15, 0.2) is 5.03 Å². The number of aromatic nitrogens is 2. The first kappa shape index (κ1) is 16.1. The van der Waals surface area contributed by atoms with Gasteiger partial charge in [0.2, 0.25) is 0 Å². The molecule has 1 unspecified atom stereocenters. The van der Waals surface area contributed by atoms with Crippen molar-refractivity contribution in [3.05, 3.63) is 12.0 Å². The maximum absolute atomic E-state index is 12.1. The van der Waals surface area contributed by atoms with E-state index in [0.717, 1.165) is 13.0 Å². The molecule has 19 heavy (non-hydrogen) atoms. The van der Waals surface area contributed by atoms with Gasteiger partial charge in [0.1, 0.15) is 5.82 Å². The molecule has 0 fully saturated rings. The number of nitrogens with zero attached hydrogens (tertiary/aromatic N) is 2. The fourth-order valence-electron chi connectivity index (χ4n) is 1.59. The Morgan fingerprint density at radius 3 is 2.63 bits per heavy atom. The van der Waals surface area contributed by atoms with Gasteiger partial charge in [0.25, 0.3) is 10.0 Å². The van der Waals surface area contributed by atoms with E-state index in [-0.39, 0.29) is 23.5 Å². The van der Waals surface area contributed by atoms with E-state index in [4.69, 9.17) is 5.73 Å². The van der Waals surface area contributed by atoms with Gasteiger partial charge in [-0.25, -0.2) is 18.1 Å². The standard InChI is InChI=1S/C12H24N4O2S/c1-5-6-16-8-12(15-10(16)4)19(17,18)14-7-11(13)9(2)3/h8-9,11,14H,5-7,13H2,1-4H3. The number of hydrogen-bond acceptors (Lipinski definition) is 4. The summed E-state index contributed by atoms with van der Waals surface area (Å²) in [6.45, 7) is 8.74. The molecule has 0 aromatic carbocycles. The minimum Gasteiger partial charge on any atom is -0.334 e. The lowest BCUT2D eigenvalue weighted by Gasteiger charge is -2.15. The predicted octanol–water partition coefficient (Wildman–Crippen LogP) is 0.863. The fourth-order valence-corrected chi connectivity index (χ4v) is 2.67. The molecule has 0 saturated carbocycles. The van der Waals surface area contributed by atoms with Crippen molar-refractivity contribution in [1.29, 1.82) is 0 Å². The minimum atomic E-state index is -3.57. The molecule has 6 nitrogen and oxygen atoms in total. The Kier molecular flexibility index (Phi) is 5.51. The van der Waals surface area contributed by atoms with Gasteiger partial charge in [-0.3, -0.25) is 0 Å². The Labute approximate surface area is 115 Å². The third kappa shape index (κ3) is 4.29. The second kappa shape index (κ2) is 6.49. The SMILES string of the molecule is CCCn1cc(S(=O)(=O)NCC(N)C(C)C)nc1C. The number of aryl methyl sites for hydroxylation is 2. The van der Waals surface area contributed by atoms with Crippen molar-refractivity contribution in [3.8, 4) is 0 Å². The normalized spacial score (nSPS) is 14.0. The number of imidazole rings is 1. The summed E-state index contributed by atoms with van der Waals surface area (Å²) in [4.78, 5) is 4.10. The van der Waals surface area contributed by atoms with E-state index < -0.39 is 10.0 Å². The summed E-state index contributed by atoms with van der Waals surface area (Å²) >= 11 is 0. The van der Waals surface area contributed by atoms with Gasteiger partial charge in [0, 0.05) is 25.3 Å². The Balaban J connectivity index is 2.80. The molecule has 0 radical (unpaired) electrons. The zero-order valence-electron chi connectivity index (χ0n) is 12.0. The molecular weight excluding hydrogens is 264 g/mol. The molecule has 0 aliphatic rings. The van der Waals surface area contributed by atoms with E-state index in [1.54, 1.807) is 13.1 Å². The highest BCUT2D eigenvalue weighted by atomic mass is 32.2. The van der Waals surface area contributed by atoms with Crippen LogP contribution in [0.15, 0.2) is 11.2 Å². The monoisotopic (exact) mass is 288 g/mol. The lowest BCUT2D eigenvalue weighted by atomic mass is 10.1. The van der Waals surface area contributed by atoms with Gasteiger partial charge in [-0.2, -0.15) is 0 Å². The van der Waals surface area contributed by atoms with Crippen molar-refractivity contribution in [1.82, 2.24) is 14.3 Å². The third-order valence-corrected chi connectivity index (χ3v) is 4.35. The first-order valence-corrected chi connectivity index (χ1v) is 8.05. The minimum absolute atomic E-state index is 0.0643. The molecule has 0 aliphatic heterocycles. The predicted molar refractivity (Wildman–Crippen MR) is 75.3 cm³/mol. The summed E-state index contributed by atoms with van der Waals surface area (Å²) in [6.07, 6.45) is 2.50. The summed E-state index contributed by atoms with van der Waals surface area (Å²) in [5.74, 6) is 0.928. The molecule has 1 aromatic rings. The highest BCUT2D eigenvalue weighted by Crippen LogP contribution is 2.10. The number of nitrogens with two attached hydrogens (primary N) is 1. The molecule has 0 amide bonds. The average molecular weight is 288 g/mol. The third-order valence-electron chi connectivity index (χ3n) is 3.06. The lowest BCUT2D eigenvalue weighted by Crippen LogP contribution is -2.40. The first-order valence-electron chi connectivity index (χ1n) is 6.57. The molecular formula is C12H24N4O2S. The summed E-state index contributed by atoms with van der Waals surface area (Å²) in [5, 5.41) is 0.0643. The van der Waals surface area contributed by atoms with Gasteiger partial charge in [-0.05, 0) is 19.3 Å². The highest BCUT2D eigenvalue weighted by Gasteiger charge is 2.20. The Hall–Kier alpha value is -0.920. The number of nitrogens with one attached hydrogen (secondary N) is 1. The summed E-state index contributed by atoms with van der Waals surface area (Å²) in [5.41, 5.74) is 5.83. The molecule has 0 spiro atoms. The molecule has 3 N–H and O–H groups in total. The van der Waals surface area contributed by atoms with Crippen LogP contribution < -0.4 is 10.5 Å². The van der Waals surface area contributed by atoms with Crippen LogP contribution in [-0.4, -0.2) is 30.6 Å². The molecule has 1 rings (SSSR count). The fraction of sp³-hybridized carbons (Fsp3) is 0.750. The van der Waals surface area contributed by atoms with E-state index in [9.17, 15) is 8.42 Å². The van der Waals surface area contributed by atoms with Crippen LogP contribution >= 0.6 is 0 Å². The zero-order valence-corrected chi connectivity index (χ0v) is 12.9. The number of hydrogen-bond donors (Lipinski definition) is 2. The maximum Gasteiger partial charge on any atom is 0.259 e. The molecule has 0 aliphatic carbocycles. The van der Waals surface area contributed by atoms with Crippen LogP contribution in [0.5, 0.6) is 0 Å². The van der Waals surface area contributed by atoms with Crippen LogP contribution in [-0.2, 0) is 16.6 Å². The van der Waals surface area contributed by atoms with Crippen molar-refractivity contribution >= 4 is 10.0 Å². The van der Waals surface area contributed by atoms with Crippen LogP contribution in [0.1, 0.15) is 33.0 Å². The van der Waals surface area contributed by atoms with Gasteiger partial charge < -0.3 is 10.3 Å². The number of sulfonamides is 1. The molecule has 7 heteroatoms. The van der Waals surface area contributed by atoms with Crippen LogP contribution in [0.25, 0.3) is 0 Å². The van der Waals surface area contributed by atoms with Crippen molar-refractivity contribution in [2.24, 2.45) is 11.7 Å². The molecule has 1 atom stereocenters. The highest BCUT2D eigenvalue weighted by molar-refractivity contribution is 7.89. The molecule has 1 aromatic heterocycles. The average Bonchev–Trinajstić information content (AvgIpc) is 2.69. The van der Waals surface area contributed by atoms with E-state index in [0.29, 0.717) is 5.82 Å². The Bertz CT molecular complexity index is 508. The second-order valence-corrected chi connectivity index (χ2v) is 6.79. The van der Waals surface area contributed by atoms with E-state index in [1.165, 1.54) is 0 Å². The van der Waals surface area contributed by atoms with Gasteiger partial charge in [-0.15, -0.1) is 0 Å². The molecule has 110 valence electrons. The van der Waals surface area contributed by atoms with E-state index >= 15 is 0 Å². The van der Waals surface area contributed by atoms with E-state index in [1.807, 2.05) is 25.3 Å². The van der Waals surface area contributed by atoms with Gasteiger partial charge >= 0.3 is 0 Å². The molecule has 0 saturated heterocycles. The molecule has 0 bridgehead atoms. The Morgan fingerprint density at radius 1 is 1.47 bits per heavy atom. The van der Waals surface area contributed by atoms with Crippen molar-refractivity contribution in [2.45, 2.75) is 51.7 Å². The van der Waals surface area contributed by atoms with E-state index in [2.05, 4.69) is 9.71 Å². The van der Waals surface area contributed by atoms with Gasteiger partial charge in [0.05, 0.1) is 0 Å². The zero-order chi connectivity index (χ0) is 14.6. The summed E-state index contributed by atoms with van der Waals surface area (Å²) < 4.78 is 28.5. The summed E-state index contributed by atoms with van der Waals surface area (Å²) in [6, 6.07) is -0.200. The largest absolute Gasteiger partial charge is 0.334 e. The smallest absolute Gasteiger partial charge is 0.259 e. The maximum atomic E-state index is 12.1. The van der Waals surface area contributed by atoms with Crippen LogP contribution in [0.2, 0.25) is 0 Å². The van der Waals surface area contributed by atoms with Crippen LogP contribution in [0.3, 0.4) is 0 Å². The first-order chi connectivity index (χ1) is 8.77. The van der Waals surface area contributed by atoms with Crippen molar-refractivity contribution in [2.75, 3.05) is 6.54 Å². The topological polar surface area (TPSA) is 90.0 Å². The van der Waals surface area contributed by atoms with Crippen LogP contribution in [0.4, 0.5) is 0 Å². The quantitative estimate of drug-likeness (QED) is 0.778. The van der Waals surface area contributed by atoms with Crippen molar-refractivity contribution in [3.63, 3.8) is 0 Å². The van der Waals surface area contributed by atoms with Gasteiger partial charge in [-0.1, -0.05) is 20.8 Å². The Morgan fingerprint density at radius 2 is 2.11 bits per heavy atom. The van der Waals surface area contributed by atoms with Crippen LogP contribution in [0, 0.1) is 12.8 Å². The summed E-state index contributed by atoms with van der Waals surface area (Å²) in [7, 11) is -3.57.